The minimum absolute atomic E-state index is 0.174. The Morgan fingerprint density at radius 1 is 1.27 bits per heavy atom. The molecule has 2 aliphatic rings. The summed E-state index contributed by atoms with van der Waals surface area (Å²) in [5.41, 5.74) is 0.969. The van der Waals surface area contributed by atoms with Gasteiger partial charge in [-0.15, -0.1) is 0 Å². The molecule has 2 aliphatic heterocycles. The average Bonchev–Trinajstić information content (AvgIpc) is 3.13. The zero-order valence-electron chi connectivity index (χ0n) is 11.7. The molecule has 2 saturated heterocycles. The lowest BCUT2D eigenvalue weighted by Gasteiger charge is -2.20. The molecular formula is C15H13N3O4. The molecular weight excluding hydrogens is 286 g/mol. The van der Waals surface area contributed by atoms with Gasteiger partial charge in [-0.05, 0) is 30.7 Å². The van der Waals surface area contributed by atoms with E-state index >= 15 is 0 Å². The Balaban J connectivity index is 1.69. The summed E-state index contributed by atoms with van der Waals surface area (Å²) in [7, 11) is 0. The summed E-state index contributed by atoms with van der Waals surface area (Å²) in [6.07, 6.45) is -0.0919. The number of amides is 3. The SMILES string of the molecule is N#Cc1ccc(C(=O)N2CCC(N3C(=O)COC3=O)C2)cc1. The van der Waals surface area contributed by atoms with E-state index in [9.17, 15) is 14.4 Å². The van der Waals surface area contributed by atoms with Crippen LogP contribution in [0.1, 0.15) is 22.3 Å². The van der Waals surface area contributed by atoms with Gasteiger partial charge in [-0.25, -0.2) is 9.69 Å². The van der Waals surface area contributed by atoms with Gasteiger partial charge in [0.2, 0.25) is 0 Å². The number of ether oxygens (including phenoxy) is 1. The van der Waals surface area contributed by atoms with E-state index in [0.29, 0.717) is 30.6 Å². The van der Waals surface area contributed by atoms with Gasteiger partial charge in [0.15, 0.2) is 6.61 Å². The first-order valence-electron chi connectivity index (χ1n) is 6.88. The van der Waals surface area contributed by atoms with Gasteiger partial charge in [0.25, 0.3) is 11.8 Å². The Kier molecular flexibility index (Phi) is 3.51. The summed E-state index contributed by atoms with van der Waals surface area (Å²) in [6, 6.07) is 8.04. The van der Waals surface area contributed by atoms with Crippen LogP contribution in [0.2, 0.25) is 0 Å². The zero-order chi connectivity index (χ0) is 15.7. The van der Waals surface area contributed by atoms with Crippen LogP contribution in [0.15, 0.2) is 24.3 Å². The summed E-state index contributed by atoms with van der Waals surface area (Å²) >= 11 is 0. The van der Waals surface area contributed by atoms with Crippen LogP contribution in [0.25, 0.3) is 0 Å². The molecule has 112 valence electrons. The first-order chi connectivity index (χ1) is 10.6. The highest BCUT2D eigenvalue weighted by Crippen LogP contribution is 2.21. The number of cyclic esters (lactones) is 1. The predicted octanol–water partition coefficient (Wildman–Crippen LogP) is 0.752. The van der Waals surface area contributed by atoms with E-state index < -0.39 is 6.09 Å². The van der Waals surface area contributed by atoms with Crippen molar-refractivity contribution in [3.05, 3.63) is 35.4 Å². The third-order valence-electron chi connectivity index (χ3n) is 3.86. The number of carbonyl (C=O) groups excluding carboxylic acids is 3. The van der Waals surface area contributed by atoms with Crippen molar-refractivity contribution in [3.8, 4) is 6.07 Å². The molecule has 1 aromatic rings. The molecule has 0 radical (unpaired) electrons. The monoisotopic (exact) mass is 299 g/mol. The van der Waals surface area contributed by atoms with Crippen molar-refractivity contribution in [2.75, 3.05) is 19.7 Å². The number of likely N-dealkylation sites (tertiary alicyclic amines) is 1. The first-order valence-corrected chi connectivity index (χ1v) is 6.88. The van der Waals surface area contributed by atoms with Crippen LogP contribution in [-0.2, 0) is 9.53 Å². The summed E-state index contributed by atoms with van der Waals surface area (Å²) in [6.45, 7) is 0.555. The lowest BCUT2D eigenvalue weighted by Crippen LogP contribution is -2.42. The van der Waals surface area contributed by atoms with Gasteiger partial charge in [-0.3, -0.25) is 9.59 Å². The molecule has 1 atom stereocenters. The van der Waals surface area contributed by atoms with E-state index in [1.165, 1.54) is 0 Å². The fourth-order valence-electron chi connectivity index (χ4n) is 2.72. The molecule has 3 amide bonds. The van der Waals surface area contributed by atoms with E-state index in [1.54, 1.807) is 29.2 Å². The lowest BCUT2D eigenvalue weighted by atomic mass is 10.1. The second kappa shape index (κ2) is 5.48. The molecule has 0 aromatic heterocycles. The molecule has 22 heavy (non-hydrogen) atoms. The van der Waals surface area contributed by atoms with E-state index in [4.69, 9.17) is 10.00 Å². The fraction of sp³-hybridized carbons (Fsp3) is 0.333. The Morgan fingerprint density at radius 2 is 2.00 bits per heavy atom. The maximum Gasteiger partial charge on any atom is 0.417 e. The number of nitrogens with zero attached hydrogens (tertiary/aromatic N) is 3. The second-order valence-corrected chi connectivity index (χ2v) is 5.20. The standard InChI is InChI=1S/C15H13N3O4/c16-7-10-1-3-11(4-2-10)14(20)17-6-5-12(8-17)18-13(19)9-22-15(18)21/h1-4,12H,5-6,8-9H2. The van der Waals surface area contributed by atoms with Gasteiger partial charge in [-0.2, -0.15) is 5.26 Å². The number of hydrogen-bond donors (Lipinski definition) is 0. The third kappa shape index (κ3) is 2.39. The average molecular weight is 299 g/mol. The van der Waals surface area contributed by atoms with E-state index in [-0.39, 0.29) is 24.5 Å². The summed E-state index contributed by atoms with van der Waals surface area (Å²) in [5, 5.41) is 8.76. The van der Waals surface area contributed by atoms with Gasteiger partial charge < -0.3 is 9.64 Å². The fourth-order valence-corrected chi connectivity index (χ4v) is 2.72. The zero-order valence-corrected chi connectivity index (χ0v) is 11.7. The molecule has 7 heteroatoms. The van der Waals surface area contributed by atoms with E-state index in [0.717, 1.165) is 4.90 Å². The van der Waals surface area contributed by atoms with Gasteiger partial charge >= 0.3 is 6.09 Å². The number of imide groups is 1. The molecule has 7 nitrogen and oxygen atoms in total. The maximum absolute atomic E-state index is 12.4. The van der Waals surface area contributed by atoms with Crippen molar-refractivity contribution in [1.82, 2.24) is 9.80 Å². The van der Waals surface area contributed by atoms with Crippen LogP contribution >= 0.6 is 0 Å². The molecule has 2 heterocycles. The minimum Gasteiger partial charge on any atom is -0.439 e. The first kappa shape index (κ1) is 14.1. The van der Waals surface area contributed by atoms with Crippen LogP contribution in [0.3, 0.4) is 0 Å². The van der Waals surface area contributed by atoms with Crippen LogP contribution in [-0.4, -0.2) is 53.4 Å². The number of carbonyl (C=O) groups is 3. The summed E-state index contributed by atoms with van der Waals surface area (Å²) in [4.78, 5) is 38.3. The highest BCUT2D eigenvalue weighted by Gasteiger charge is 2.41. The smallest absolute Gasteiger partial charge is 0.417 e. The highest BCUT2D eigenvalue weighted by atomic mass is 16.6. The molecule has 0 bridgehead atoms. The van der Waals surface area contributed by atoms with Gasteiger partial charge in [0.1, 0.15) is 0 Å². The third-order valence-corrected chi connectivity index (χ3v) is 3.86. The van der Waals surface area contributed by atoms with Gasteiger partial charge in [-0.1, -0.05) is 0 Å². The highest BCUT2D eigenvalue weighted by molar-refractivity contribution is 5.98. The molecule has 2 fully saturated rings. The molecule has 0 N–H and O–H groups in total. The van der Waals surface area contributed by atoms with E-state index in [1.807, 2.05) is 6.07 Å². The van der Waals surface area contributed by atoms with Crippen molar-refractivity contribution in [2.24, 2.45) is 0 Å². The predicted molar refractivity (Wildman–Crippen MR) is 73.7 cm³/mol. The lowest BCUT2D eigenvalue weighted by molar-refractivity contribution is -0.127. The van der Waals surface area contributed by atoms with Crippen LogP contribution in [0.5, 0.6) is 0 Å². The molecule has 1 aromatic carbocycles. The molecule has 0 aliphatic carbocycles. The van der Waals surface area contributed by atoms with Crippen molar-refractivity contribution in [3.63, 3.8) is 0 Å². The second-order valence-electron chi connectivity index (χ2n) is 5.20. The van der Waals surface area contributed by atoms with Crippen molar-refractivity contribution in [2.45, 2.75) is 12.5 Å². The minimum atomic E-state index is -0.636. The van der Waals surface area contributed by atoms with Crippen molar-refractivity contribution >= 4 is 17.9 Å². The van der Waals surface area contributed by atoms with Crippen molar-refractivity contribution < 1.29 is 19.1 Å². The number of rotatable bonds is 2. The van der Waals surface area contributed by atoms with Gasteiger partial charge in [0.05, 0.1) is 17.7 Å². The normalized spacial score (nSPS) is 21.0. The summed E-state index contributed by atoms with van der Waals surface area (Å²) < 4.78 is 4.70. The molecule has 3 rings (SSSR count). The van der Waals surface area contributed by atoms with Crippen LogP contribution in [0, 0.1) is 11.3 Å². The van der Waals surface area contributed by atoms with Crippen molar-refractivity contribution in [1.29, 1.82) is 5.26 Å². The Labute approximate surface area is 126 Å². The largest absolute Gasteiger partial charge is 0.439 e. The quantitative estimate of drug-likeness (QED) is 0.803. The topological polar surface area (TPSA) is 90.7 Å². The molecule has 0 saturated carbocycles. The van der Waals surface area contributed by atoms with Gasteiger partial charge in [0, 0.05) is 18.7 Å². The Hall–Kier alpha value is -2.88. The molecule has 1 unspecified atom stereocenters. The van der Waals surface area contributed by atoms with E-state index in [2.05, 4.69) is 0 Å². The number of hydrogen-bond acceptors (Lipinski definition) is 5. The Morgan fingerprint density at radius 3 is 2.59 bits per heavy atom. The Bertz CT molecular complexity index is 661. The van der Waals surface area contributed by atoms with Crippen LogP contribution in [0.4, 0.5) is 4.79 Å². The molecule has 0 spiro atoms. The maximum atomic E-state index is 12.4. The van der Waals surface area contributed by atoms with Crippen LogP contribution < -0.4 is 0 Å². The number of benzene rings is 1. The summed E-state index contributed by atoms with van der Waals surface area (Å²) in [5.74, 6) is -0.533. The number of nitriles is 1.